The molecule has 0 N–H and O–H groups in total. The van der Waals surface area contributed by atoms with E-state index < -0.39 is 0 Å². The van der Waals surface area contributed by atoms with Crippen molar-refractivity contribution in [3.63, 3.8) is 0 Å². The van der Waals surface area contributed by atoms with Gasteiger partial charge in [0.1, 0.15) is 0 Å². The van der Waals surface area contributed by atoms with Gasteiger partial charge in [-0.15, -0.1) is 0 Å². The van der Waals surface area contributed by atoms with Gasteiger partial charge in [0.2, 0.25) is 0 Å². The van der Waals surface area contributed by atoms with Crippen molar-refractivity contribution in [2.24, 2.45) is 0 Å². The Hall–Kier alpha value is 4.29. The van der Waals surface area contributed by atoms with E-state index in [2.05, 4.69) is 0 Å². The summed E-state index contributed by atoms with van der Waals surface area (Å²) in [6.45, 7) is 0. The second-order valence-corrected chi connectivity index (χ2v) is 0. The van der Waals surface area contributed by atoms with Gasteiger partial charge in [0.15, 0.2) is 0 Å². The smallest absolute Gasteiger partial charge is 0 e. The van der Waals surface area contributed by atoms with Crippen LogP contribution in [0.5, 0.6) is 0 Å². The molecule has 0 rings (SSSR count). The monoisotopic (exact) mass is 577 g/mol. The Morgan fingerprint density at radius 1 is 1.00 bits per heavy atom. The zero-order valence-corrected chi connectivity index (χ0v) is 9.81. The Morgan fingerprint density at radius 3 is 1.00 bits per heavy atom. The molecule has 0 aromatic rings. The van der Waals surface area contributed by atoms with E-state index >= 15 is 0 Å². The zero-order chi connectivity index (χ0) is 0. The summed E-state index contributed by atoms with van der Waals surface area (Å²) < 4.78 is 0. The van der Waals surface area contributed by atoms with Crippen LogP contribution in [0.25, 0.3) is 0 Å². The summed E-state index contributed by atoms with van der Waals surface area (Å²) >= 11 is 0. The van der Waals surface area contributed by atoms with Crippen LogP contribution in [-0.4, -0.2) is 102 Å². The topological polar surface area (TPSA) is 0 Å². The summed E-state index contributed by atoms with van der Waals surface area (Å²) in [5.74, 6) is 0. The van der Waals surface area contributed by atoms with E-state index in [-0.39, 0.29) is 129 Å². The average molecular weight is 574 g/mol. The molecule has 4 heteroatoms. The Balaban J connectivity index is 0. The van der Waals surface area contributed by atoms with Gasteiger partial charge in [0.05, 0.1) is 0 Å². The Morgan fingerprint density at radius 2 is 1.00 bits per heavy atom. The van der Waals surface area contributed by atoms with Gasteiger partial charge in [-0.1, -0.05) is 0 Å². The van der Waals surface area contributed by atoms with E-state index in [0.717, 1.165) is 0 Å². The molecule has 0 unspecified atom stereocenters. The fourth-order valence-electron chi connectivity index (χ4n) is 0. The molecule has 0 aliphatic carbocycles. The summed E-state index contributed by atoms with van der Waals surface area (Å²) in [6.07, 6.45) is 0. The fraction of sp³-hybridized carbons (Fsp3) is 0. The second-order valence-electron chi connectivity index (χ2n) is 0. The largest absolute Gasteiger partial charge is 0 e. The fourth-order valence-corrected chi connectivity index (χ4v) is 0. The molecule has 0 heterocycles. The van der Waals surface area contributed by atoms with Crippen LogP contribution in [0.2, 0.25) is 0 Å². The number of hydrogen-bond donors (Lipinski definition) is 0. The quantitative estimate of drug-likeness (QED) is 0.282. The number of rotatable bonds is 0. The summed E-state index contributed by atoms with van der Waals surface area (Å²) in [5, 5.41) is 0. The Kier molecular flexibility index (Phi) is 93.8. The predicted octanol–water partition coefficient (Wildman–Crippen LogP) is -2.48. The SMILES string of the molecule is [BaH2].[Cd].[InH3].[Tl]. The molecular weight excluding hydrogens is 569 g/mol. The van der Waals surface area contributed by atoms with Crippen LogP contribution >= 0.6 is 0 Å². The van der Waals surface area contributed by atoms with Gasteiger partial charge in [0.25, 0.3) is 0 Å². The second kappa shape index (κ2) is 15.7. The minimum atomic E-state index is 0. The first-order valence-corrected chi connectivity index (χ1v) is 0. The van der Waals surface area contributed by atoms with Crippen molar-refractivity contribution >= 4 is 102 Å². The molecule has 0 aromatic carbocycles. The molecule has 0 spiro atoms. The van der Waals surface area contributed by atoms with Crippen LogP contribution in [0.15, 0.2) is 0 Å². The standard InChI is InChI=1S/Ba.Cd.In.Tl.5H. The molecule has 1 radical (unpaired) electrons. The van der Waals surface area contributed by atoms with Gasteiger partial charge in [-0.05, 0) is 0 Å². The maximum atomic E-state index is 0. The summed E-state index contributed by atoms with van der Waals surface area (Å²) in [5.41, 5.74) is 0. The van der Waals surface area contributed by atoms with Crippen LogP contribution in [0.1, 0.15) is 0 Å². The van der Waals surface area contributed by atoms with Crippen molar-refractivity contribution in [3.8, 4) is 0 Å². The van der Waals surface area contributed by atoms with Gasteiger partial charge in [-0.2, -0.15) is 0 Å². The van der Waals surface area contributed by atoms with E-state index in [1.807, 2.05) is 0 Å². The van der Waals surface area contributed by atoms with Crippen molar-refractivity contribution in [2.45, 2.75) is 0 Å². The van der Waals surface area contributed by atoms with Gasteiger partial charge in [0, 0.05) is 54.6 Å². The normalized spacial score (nSPS) is 0. The minimum absolute atomic E-state index is 0. The molecule has 0 nitrogen and oxygen atoms in total. The first-order valence-electron chi connectivity index (χ1n) is 0. The first-order chi connectivity index (χ1) is 0. The molecule has 0 atom stereocenters. The first kappa shape index (κ1) is 23.9. The summed E-state index contributed by atoms with van der Waals surface area (Å²) in [7, 11) is 0. The third-order valence-corrected chi connectivity index (χ3v) is 0. The van der Waals surface area contributed by atoms with Gasteiger partial charge in [-0.25, -0.2) is 0 Å². The average Bonchev–Trinajstić information content (AvgIpc) is 0. The molecule has 0 bridgehead atoms. The van der Waals surface area contributed by atoms with Gasteiger partial charge in [-0.3, -0.25) is 0 Å². The predicted molar refractivity (Wildman–Crippen MR) is 24.2 cm³/mol. The maximum absolute atomic E-state index is 0. The Bertz CT molecular complexity index is 8.00. The molecule has 0 amide bonds. The molecule has 0 fully saturated rings. The molecule has 0 saturated carbocycles. The van der Waals surface area contributed by atoms with E-state index in [1.54, 1.807) is 0 Å². The summed E-state index contributed by atoms with van der Waals surface area (Å²) in [4.78, 5) is 0. The van der Waals surface area contributed by atoms with Gasteiger partial charge < -0.3 is 0 Å². The van der Waals surface area contributed by atoms with E-state index in [0.29, 0.717) is 0 Å². The van der Waals surface area contributed by atoms with Crippen molar-refractivity contribution < 1.29 is 27.3 Å². The number of hydrogen-bond acceptors (Lipinski definition) is 0. The molecular formula is H5BaCdInTl. The maximum Gasteiger partial charge on any atom is 0 e. The minimum Gasteiger partial charge on any atom is 0 e. The van der Waals surface area contributed by atoms with E-state index in [4.69, 9.17) is 0 Å². The zero-order valence-electron chi connectivity index (χ0n) is 1.28. The van der Waals surface area contributed by atoms with Crippen LogP contribution in [0.4, 0.5) is 0 Å². The van der Waals surface area contributed by atoms with Crippen LogP contribution < -0.4 is 0 Å². The van der Waals surface area contributed by atoms with Crippen molar-refractivity contribution in [3.05, 3.63) is 0 Å². The molecule has 0 aliphatic rings. The molecule has 0 saturated heterocycles. The van der Waals surface area contributed by atoms with Crippen molar-refractivity contribution in [2.75, 3.05) is 0 Å². The summed E-state index contributed by atoms with van der Waals surface area (Å²) in [6, 6.07) is 0. The van der Waals surface area contributed by atoms with Crippen LogP contribution in [0.3, 0.4) is 0 Å². The third kappa shape index (κ3) is 9.56. The molecule has 4 heavy (non-hydrogen) atoms. The van der Waals surface area contributed by atoms with Crippen molar-refractivity contribution in [1.82, 2.24) is 0 Å². The van der Waals surface area contributed by atoms with Crippen molar-refractivity contribution in [1.29, 1.82) is 0 Å². The van der Waals surface area contributed by atoms with E-state index in [1.165, 1.54) is 0 Å². The van der Waals surface area contributed by atoms with Gasteiger partial charge >= 0.3 is 74.7 Å². The third-order valence-electron chi connectivity index (χ3n) is 0. The van der Waals surface area contributed by atoms with Crippen LogP contribution in [-0.2, 0) is 27.3 Å². The molecule has 15 valence electrons. The molecule has 0 aromatic heterocycles. The Labute approximate surface area is 125 Å². The van der Waals surface area contributed by atoms with Crippen LogP contribution in [0, 0.1) is 0 Å². The van der Waals surface area contributed by atoms with E-state index in [9.17, 15) is 0 Å². The molecule has 0 aliphatic heterocycles.